The first kappa shape index (κ1) is 23.1. The highest BCUT2D eigenvalue weighted by atomic mass is 32.2. The van der Waals surface area contributed by atoms with Crippen molar-refractivity contribution in [1.29, 1.82) is 0 Å². The predicted molar refractivity (Wildman–Crippen MR) is 146 cm³/mol. The number of aromatic nitrogens is 2. The van der Waals surface area contributed by atoms with Gasteiger partial charge in [-0.3, -0.25) is 14.5 Å². The summed E-state index contributed by atoms with van der Waals surface area (Å²) < 4.78 is 1.88. The van der Waals surface area contributed by atoms with E-state index in [1.807, 2.05) is 54.1 Å². The molecule has 1 aliphatic carbocycles. The van der Waals surface area contributed by atoms with Gasteiger partial charge in [0.1, 0.15) is 12.4 Å². The molecule has 3 heterocycles. The Morgan fingerprint density at radius 3 is 2.58 bits per heavy atom. The Bertz CT molecular complexity index is 1410. The zero-order valence-corrected chi connectivity index (χ0v) is 21.5. The van der Waals surface area contributed by atoms with Crippen LogP contribution in [0.5, 0.6) is 0 Å². The third-order valence-electron chi connectivity index (χ3n) is 6.57. The molecule has 182 valence electrons. The van der Waals surface area contributed by atoms with E-state index < -0.39 is 0 Å². The SMILES string of the molecule is Cc1ccccc1-n1nc(-c2ccccc2)c2c1N(CC(=O)NC1CC1)C(=O)CS[C@H]2c1ccsc1. The molecule has 0 radical (unpaired) electrons. The van der Waals surface area contributed by atoms with Gasteiger partial charge in [-0.1, -0.05) is 48.5 Å². The molecule has 4 aromatic rings. The van der Waals surface area contributed by atoms with Crippen molar-refractivity contribution in [3.63, 3.8) is 0 Å². The van der Waals surface area contributed by atoms with Crippen molar-refractivity contribution in [3.05, 3.63) is 88.1 Å². The van der Waals surface area contributed by atoms with Crippen molar-refractivity contribution < 1.29 is 9.59 Å². The normalized spacial score (nSPS) is 17.5. The second-order valence-electron chi connectivity index (χ2n) is 9.22. The van der Waals surface area contributed by atoms with Crippen LogP contribution in [0.3, 0.4) is 0 Å². The largest absolute Gasteiger partial charge is 0.352 e. The first-order chi connectivity index (χ1) is 17.6. The maximum absolute atomic E-state index is 13.6. The highest BCUT2D eigenvalue weighted by Gasteiger charge is 2.38. The first-order valence-electron chi connectivity index (χ1n) is 12.1. The van der Waals surface area contributed by atoms with Gasteiger partial charge in [-0.15, -0.1) is 11.8 Å². The van der Waals surface area contributed by atoms with Crippen molar-refractivity contribution in [2.24, 2.45) is 0 Å². The number of nitrogens with zero attached hydrogens (tertiary/aromatic N) is 3. The molecule has 1 N–H and O–H groups in total. The Labute approximate surface area is 218 Å². The molecule has 2 aliphatic rings. The van der Waals surface area contributed by atoms with E-state index in [4.69, 9.17) is 5.10 Å². The standard InChI is InChI=1S/C28H26N4O2S2/c1-18-7-5-6-10-22(18)32-28-25(26(30-32)19-8-3-2-4-9-19)27(20-13-14-35-16-20)36-17-24(34)31(28)15-23(33)29-21-11-12-21/h2-10,13-14,16,21,27H,11-12,15,17H2,1H3,(H,29,33)/t27-/m0/s1. The summed E-state index contributed by atoms with van der Waals surface area (Å²) in [5.41, 5.74) is 5.87. The Hall–Kier alpha value is -3.36. The molecule has 0 saturated heterocycles. The van der Waals surface area contributed by atoms with Crippen molar-refractivity contribution in [2.45, 2.75) is 31.1 Å². The number of amides is 2. The summed E-state index contributed by atoms with van der Waals surface area (Å²) in [4.78, 5) is 28.3. The number of hydrogen-bond acceptors (Lipinski definition) is 5. The average molecular weight is 515 g/mol. The molecule has 0 bridgehead atoms. The summed E-state index contributed by atoms with van der Waals surface area (Å²) in [6.07, 6.45) is 2.00. The zero-order valence-electron chi connectivity index (χ0n) is 19.9. The van der Waals surface area contributed by atoms with Crippen LogP contribution in [0.4, 0.5) is 5.82 Å². The van der Waals surface area contributed by atoms with E-state index in [9.17, 15) is 9.59 Å². The second-order valence-corrected chi connectivity index (χ2v) is 11.1. The van der Waals surface area contributed by atoms with Crippen molar-refractivity contribution >= 4 is 40.7 Å². The number of aryl methyl sites for hydroxylation is 1. The maximum Gasteiger partial charge on any atom is 0.240 e. The summed E-state index contributed by atoms with van der Waals surface area (Å²) in [6.45, 7) is 2.02. The molecule has 1 aliphatic heterocycles. The highest BCUT2D eigenvalue weighted by molar-refractivity contribution is 8.00. The molecule has 0 unspecified atom stereocenters. The van der Waals surface area contributed by atoms with Gasteiger partial charge < -0.3 is 5.32 Å². The second kappa shape index (κ2) is 9.59. The molecule has 2 aromatic carbocycles. The molecule has 36 heavy (non-hydrogen) atoms. The van der Waals surface area contributed by atoms with Crippen LogP contribution in [-0.4, -0.2) is 39.9 Å². The number of nitrogens with one attached hydrogen (secondary N) is 1. The molecule has 2 amide bonds. The third-order valence-corrected chi connectivity index (χ3v) is 8.53. The Morgan fingerprint density at radius 2 is 1.86 bits per heavy atom. The van der Waals surface area contributed by atoms with Crippen LogP contribution in [0.1, 0.15) is 34.8 Å². The number of benzene rings is 2. The molecular weight excluding hydrogens is 488 g/mol. The van der Waals surface area contributed by atoms with Crippen LogP contribution < -0.4 is 10.2 Å². The molecule has 2 aromatic heterocycles. The topological polar surface area (TPSA) is 67.2 Å². The van der Waals surface area contributed by atoms with Crippen LogP contribution in [0.15, 0.2) is 71.4 Å². The van der Waals surface area contributed by atoms with Crippen LogP contribution in [0.25, 0.3) is 16.9 Å². The Balaban J connectivity index is 1.61. The van der Waals surface area contributed by atoms with E-state index in [2.05, 4.69) is 34.3 Å². The zero-order chi connectivity index (χ0) is 24.6. The van der Waals surface area contributed by atoms with Gasteiger partial charge in [0.05, 0.1) is 22.4 Å². The lowest BCUT2D eigenvalue weighted by molar-refractivity contribution is -0.123. The maximum atomic E-state index is 13.6. The van der Waals surface area contributed by atoms with Gasteiger partial charge in [-0.25, -0.2) is 4.68 Å². The fourth-order valence-electron chi connectivity index (χ4n) is 4.63. The average Bonchev–Trinajstić information content (AvgIpc) is 3.41. The van der Waals surface area contributed by atoms with Gasteiger partial charge in [-0.05, 0) is 53.8 Å². The van der Waals surface area contributed by atoms with E-state index >= 15 is 0 Å². The van der Waals surface area contributed by atoms with Gasteiger partial charge in [0.2, 0.25) is 11.8 Å². The number of carbonyl (C=O) groups is 2. The quantitative estimate of drug-likeness (QED) is 0.376. The minimum Gasteiger partial charge on any atom is -0.352 e. The molecular formula is C28H26N4O2S2. The van der Waals surface area contributed by atoms with Crippen LogP contribution in [0, 0.1) is 6.92 Å². The highest BCUT2D eigenvalue weighted by Crippen LogP contribution is 2.49. The smallest absolute Gasteiger partial charge is 0.240 e. The van der Waals surface area contributed by atoms with Gasteiger partial charge in [0, 0.05) is 17.2 Å². The number of thioether (sulfide) groups is 1. The molecule has 1 saturated carbocycles. The fraction of sp³-hybridized carbons (Fsp3) is 0.250. The van der Waals surface area contributed by atoms with Gasteiger partial charge in [0.15, 0.2) is 0 Å². The van der Waals surface area contributed by atoms with Crippen molar-refractivity contribution in [2.75, 3.05) is 17.2 Å². The molecule has 1 fully saturated rings. The van der Waals surface area contributed by atoms with E-state index in [1.54, 1.807) is 28.0 Å². The summed E-state index contributed by atoms with van der Waals surface area (Å²) in [5, 5.41) is 12.3. The van der Waals surface area contributed by atoms with E-state index in [1.165, 1.54) is 0 Å². The fourth-order valence-corrected chi connectivity index (χ4v) is 6.59. The molecule has 6 nitrogen and oxygen atoms in total. The summed E-state index contributed by atoms with van der Waals surface area (Å²) in [5.74, 6) is 0.752. The van der Waals surface area contributed by atoms with Gasteiger partial charge in [-0.2, -0.15) is 16.4 Å². The van der Waals surface area contributed by atoms with Crippen LogP contribution in [-0.2, 0) is 9.59 Å². The Kier molecular flexibility index (Phi) is 6.15. The molecule has 6 rings (SSSR count). The van der Waals surface area contributed by atoms with Gasteiger partial charge in [0.25, 0.3) is 0 Å². The summed E-state index contributed by atoms with van der Waals surface area (Å²) in [7, 11) is 0. The lowest BCUT2D eigenvalue weighted by Crippen LogP contribution is -2.43. The van der Waals surface area contributed by atoms with Crippen LogP contribution >= 0.6 is 23.1 Å². The molecule has 8 heteroatoms. The van der Waals surface area contributed by atoms with E-state index in [0.29, 0.717) is 5.82 Å². The number of fused-ring (bicyclic) bond motifs is 1. The number of para-hydroxylation sites is 1. The van der Waals surface area contributed by atoms with E-state index in [-0.39, 0.29) is 35.4 Å². The van der Waals surface area contributed by atoms with Crippen molar-refractivity contribution in [1.82, 2.24) is 15.1 Å². The monoisotopic (exact) mass is 514 g/mol. The minimum absolute atomic E-state index is 0.0228. The Morgan fingerprint density at radius 1 is 1.08 bits per heavy atom. The van der Waals surface area contributed by atoms with E-state index in [0.717, 1.165) is 46.5 Å². The molecule has 1 atom stereocenters. The third kappa shape index (κ3) is 4.35. The van der Waals surface area contributed by atoms with Gasteiger partial charge >= 0.3 is 0 Å². The molecule has 0 spiro atoms. The number of hydrogen-bond donors (Lipinski definition) is 1. The lowest BCUT2D eigenvalue weighted by atomic mass is 10.0. The summed E-state index contributed by atoms with van der Waals surface area (Å²) in [6, 6.07) is 20.5. The number of rotatable bonds is 6. The number of carbonyl (C=O) groups excluding carboxylic acids is 2. The first-order valence-corrected chi connectivity index (χ1v) is 14.1. The summed E-state index contributed by atoms with van der Waals surface area (Å²) >= 11 is 3.25. The van der Waals surface area contributed by atoms with Crippen LogP contribution in [0.2, 0.25) is 0 Å². The number of anilines is 1. The number of thiophene rings is 1. The lowest BCUT2D eigenvalue weighted by Gasteiger charge is -2.23. The predicted octanol–water partition coefficient (Wildman–Crippen LogP) is 5.36. The minimum atomic E-state index is -0.130. The van der Waals surface area contributed by atoms with Crippen molar-refractivity contribution in [3.8, 4) is 16.9 Å².